The Balaban J connectivity index is 0.000000847. The first kappa shape index (κ1) is 16.3. The Morgan fingerprint density at radius 3 is 2.05 bits per heavy atom. The summed E-state index contributed by atoms with van der Waals surface area (Å²) in [5.74, 6) is 1.10. The molecule has 0 spiro atoms. The fourth-order valence-electron chi connectivity index (χ4n) is 2.85. The molecule has 1 aliphatic heterocycles. The van der Waals surface area contributed by atoms with Crippen molar-refractivity contribution in [1.29, 1.82) is 0 Å². The van der Waals surface area contributed by atoms with Gasteiger partial charge < -0.3 is 4.90 Å². The molecule has 116 valence electrons. The van der Waals surface area contributed by atoms with E-state index in [0.717, 1.165) is 18.9 Å². The molecule has 2 aromatic carbocycles. The number of anilines is 1. The van der Waals surface area contributed by atoms with Gasteiger partial charge in [-0.15, -0.1) is 0 Å². The van der Waals surface area contributed by atoms with Crippen molar-refractivity contribution in [2.24, 2.45) is 4.99 Å². The summed E-state index contributed by atoms with van der Waals surface area (Å²) in [4.78, 5) is 7.07. The lowest BCUT2D eigenvalue weighted by Gasteiger charge is -2.24. The number of hydrogen-bond acceptors (Lipinski definition) is 2. The van der Waals surface area contributed by atoms with Crippen LogP contribution in [0.5, 0.6) is 0 Å². The molecule has 0 radical (unpaired) electrons. The van der Waals surface area contributed by atoms with Gasteiger partial charge in [0.2, 0.25) is 0 Å². The molecule has 0 amide bonds. The summed E-state index contributed by atoms with van der Waals surface area (Å²) in [7, 11) is 0. The van der Waals surface area contributed by atoms with E-state index in [0.29, 0.717) is 0 Å². The van der Waals surface area contributed by atoms with E-state index < -0.39 is 0 Å². The van der Waals surface area contributed by atoms with Crippen molar-refractivity contribution >= 4 is 11.5 Å². The van der Waals surface area contributed by atoms with Crippen molar-refractivity contribution in [2.45, 2.75) is 34.6 Å². The third-order valence-electron chi connectivity index (χ3n) is 3.86. The highest BCUT2D eigenvalue weighted by molar-refractivity contribution is 6.11. The van der Waals surface area contributed by atoms with E-state index in [2.05, 4.69) is 68.1 Å². The molecule has 0 aliphatic carbocycles. The highest BCUT2D eigenvalue weighted by Gasteiger charge is 2.22. The summed E-state index contributed by atoms with van der Waals surface area (Å²) in [5.41, 5.74) is 6.42. The van der Waals surface area contributed by atoms with Crippen molar-refractivity contribution in [3.8, 4) is 0 Å². The monoisotopic (exact) mass is 294 g/mol. The molecular weight excluding hydrogens is 268 g/mol. The topological polar surface area (TPSA) is 15.6 Å². The molecule has 2 heteroatoms. The normalized spacial score (nSPS) is 13.5. The van der Waals surface area contributed by atoms with Crippen LogP contribution in [-0.2, 0) is 0 Å². The Morgan fingerprint density at radius 1 is 0.864 bits per heavy atom. The van der Waals surface area contributed by atoms with E-state index in [4.69, 9.17) is 4.99 Å². The molecule has 3 rings (SSSR count). The highest BCUT2D eigenvalue weighted by Crippen LogP contribution is 2.28. The minimum Gasteiger partial charge on any atom is -0.324 e. The zero-order chi connectivity index (χ0) is 16.1. The smallest absolute Gasteiger partial charge is 0.135 e. The predicted molar refractivity (Wildman–Crippen MR) is 97.2 cm³/mol. The zero-order valence-electron chi connectivity index (χ0n) is 14.4. The van der Waals surface area contributed by atoms with Crippen LogP contribution in [0.4, 0.5) is 5.69 Å². The second kappa shape index (κ2) is 7.26. The third-order valence-corrected chi connectivity index (χ3v) is 3.86. The number of benzene rings is 2. The maximum atomic E-state index is 4.72. The summed E-state index contributed by atoms with van der Waals surface area (Å²) >= 11 is 0. The van der Waals surface area contributed by atoms with Crippen molar-refractivity contribution in [1.82, 2.24) is 0 Å². The molecule has 0 saturated heterocycles. The Morgan fingerprint density at radius 2 is 1.45 bits per heavy atom. The molecule has 2 nitrogen and oxygen atoms in total. The van der Waals surface area contributed by atoms with Gasteiger partial charge >= 0.3 is 0 Å². The van der Waals surface area contributed by atoms with Crippen LogP contribution in [-0.4, -0.2) is 18.9 Å². The molecular formula is C20H26N2. The Hall–Kier alpha value is -2.09. The largest absolute Gasteiger partial charge is 0.324 e. The van der Waals surface area contributed by atoms with Gasteiger partial charge in [0.1, 0.15) is 5.84 Å². The third kappa shape index (κ3) is 3.22. The van der Waals surface area contributed by atoms with E-state index in [-0.39, 0.29) is 0 Å². The van der Waals surface area contributed by atoms with Gasteiger partial charge in [-0.05, 0) is 31.9 Å². The summed E-state index contributed by atoms with van der Waals surface area (Å²) in [6.45, 7) is 12.3. The first-order valence-electron chi connectivity index (χ1n) is 8.12. The van der Waals surface area contributed by atoms with Crippen LogP contribution in [0.3, 0.4) is 0 Å². The highest BCUT2D eigenvalue weighted by atomic mass is 15.2. The maximum Gasteiger partial charge on any atom is 0.135 e. The van der Waals surface area contributed by atoms with E-state index in [1.165, 1.54) is 27.9 Å². The summed E-state index contributed by atoms with van der Waals surface area (Å²) in [6.07, 6.45) is 0. The Labute approximate surface area is 134 Å². The minimum atomic E-state index is 0.872. The average Bonchev–Trinajstić information content (AvgIpc) is 2.99. The number of aliphatic imine (C=N–C) groups is 1. The standard InChI is InChI=1S/C18H20N2.C2H6/c1-13-7-9-16(10-8-13)18-19-11-12-20(18)17-14(2)5-4-6-15(17)3;1-2/h4-10H,11-12H2,1-3H3;1-2H3. The van der Waals surface area contributed by atoms with Crippen LogP contribution >= 0.6 is 0 Å². The Bertz CT molecular complexity index is 634. The number of nitrogens with zero attached hydrogens (tertiary/aromatic N) is 2. The van der Waals surface area contributed by atoms with Gasteiger partial charge in [-0.25, -0.2) is 0 Å². The van der Waals surface area contributed by atoms with Crippen LogP contribution in [0, 0.1) is 20.8 Å². The molecule has 2 aromatic rings. The molecule has 0 unspecified atom stereocenters. The maximum absolute atomic E-state index is 4.72. The van der Waals surface area contributed by atoms with Crippen LogP contribution in [0.25, 0.3) is 0 Å². The van der Waals surface area contributed by atoms with Crippen LogP contribution in [0.15, 0.2) is 47.5 Å². The molecule has 0 fully saturated rings. The second-order valence-corrected chi connectivity index (χ2v) is 5.46. The summed E-state index contributed by atoms with van der Waals surface area (Å²) < 4.78 is 0. The molecule has 0 atom stereocenters. The molecule has 0 aromatic heterocycles. The van der Waals surface area contributed by atoms with Gasteiger partial charge in [0.05, 0.1) is 6.54 Å². The lowest BCUT2D eigenvalue weighted by molar-refractivity contribution is 1.01. The molecule has 22 heavy (non-hydrogen) atoms. The lowest BCUT2D eigenvalue weighted by Crippen LogP contribution is -2.29. The van der Waals surface area contributed by atoms with Gasteiger partial charge in [-0.2, -0.15) is 0 Å². The number of rotatable bonds is 2. The summed E-state index contributed by atoms with van der Waals surface area (Å²) in [5, 5.41) is 0. The number of para-hydroxylation sites is 1. The molecule has 0 N–H and O–H groups in total. The fourth-order valence-corrected chi connectivity index (χ4v) is 2.85. The second-order valence-electron chi connectivity index (χ2n) is 5.46. The Kier molecular flexibility index (Phi) is 5.37. The molecule has 0 saturated carbocycles. The van der Waals surface area contributed by atoms with Crippen LogP contribution in [0.2, 0.25) is 0 Å². The molecule has 1 heterocycles. The lowest BCUT2D eigenvalue weighted by atomic mass is 10.1. The minimum absolute atomic E-state index is 0.872. The summed E-state index contributed by atoms with van der Waals surface area (Å²) in [6, 6.07) is 15.1. The van der Waals surface area contributed by atoms with E-state index in [1.807, 2.05) is 13.8 Å². The van der Waals surface area contributed by atoms with Crippen LogP contribution < -0.4 is 4.90 Å². The quantitative estimate of drug-likeness (QED) is 0.768. The fraction of sp³-hybridized carbons (Fsp3) is 0.350. The number of hydrogen-bond donors (Lipinski definition) is 0. The van der Waals surface area contributed by atoms with E-state index in [9.17, 15) is 0 Å². The van der Waals surface area contributed by atoms with E-state index in [1.54, 1.807) is 0 Å². The average molecular weight is 294 g/mol. The first-order chi connectivity index (χ1) is 10.7. The van der Waals surface area contributed by atoms with Gasteiger partial charge in [0, 0.05) is 17.8 Å². The molecule has 1 aliphatic rings. The zero-order valence-corrected chi connectivity index (χ0v) is 14.4. The van der Waals surface area contributed by atoms with Gasteiger partial charge in [0.25, 0.3) is 0 Å². The van der Waals surface area contributed by atoms with Crippen molar-refractivity contribution in [3.05, 3.63) is 64.7 Å². The SMILES string of the molecule is CC.Cc1ccc(C2=NCCN2c2c(C)cccc2C)cc1. The van der Waals surface area contributed by atoms with Gasteiger partial charge in [-0.3, -0.25) is 4.99 Å². The number of amidine groups is 1. The van der Waals surface area contributed by atoms with Gasteiger partial charge in [0.15, 0.2) is 0 Å². The predicted octanol–water partition coefficient (Wildman–Crippen LogP) is 4.90. The van der Waals surface area contributed by atoms with Crippen molar-refractivity contribution in [3.63, 3.8) is 0 Å². The molecule has 0 bridgehead atoms. The van der Waals surface area contributed by atoms with Crippen molar-refractivity contribution < 1.29 is 0 Å². The first-order valence-corrected chi connectivity index (χ1v) is 8.12. The number of aryl methyl sites for hydroxylation is 3. The van der Waals surface area contributed by atoms with Gasteiger partial charge in [-0.1, -0.05) is 61.9 Å². The van der Waals surface area contributed by atoms with E-state index >= 15 is 0 Å². The van der Waals surface area contributed by atoms with Crippen molar-refractivity contribution in [2.75, 3.05) is 18.0 Å². The van der Waals surface area contributed by atoms with Crippen LogP contribution in [0.1, 0.15) is 36.1 Å².